The van der Waals surface area contributed by atoms with Crippen molar-refractivity contribution >= 4 is 37.7 Å². The van der Waals surface area contributed by atoms with Gasteiger partial charge in [0.25, 0.3) is 15.6 Å². The van der Waals surface area contributed by atoms with Crippen LogP contribution in [0.15, 0.2) is 107 Å². The molecule has 3 aromatic carbocycles. The largest absolute Gasteiger partial charge is 0.492 e. The molecule has 0 bridgehead atoms. The monoisotopic (exact) mass is 685 g/mol. The predicted octanol–water partition coefficient (Wildman–Crippen LogP) is 4.92. The molecule has 0 unspecified atom stereocenters. The van der Waals surface area contributed by atoms with Crippen LogP contribution < -0.4 is 10.3 Å². The highest BCUT2D eigenvalue weighted by atomic mass is 32.2. The number of rotatable bonds is 9. The van der Waals surface area contributed by atoms with Crippen molar-refractivity contribution in [3.8, 4) is 40.5 Å². The summed E-state index contributed by atoms with van der Waals surface area (Å²) in [6.45, 7) is 5.10. The summed E-state index contributed by atoms with van der Waals surface area (Å²) in [6.07, 6.45) is 8.53. The molecule has 1 aliphatic rings. The van der Waals surface area contributed by atoms with Crippen molar-refractivity contribution in [2.24, 2.45) is 7.05 Å². The van der Waals surface area contributed by atoms with E-state index in [1.165, 1.54) is 10.8 Å². The van der Waals surface area contributed by atoms with E-state index in [1.54, 1.807) is 48.5 Å². The molecule has 0 N–H and O–H groups in total. The smallest absolute Gasteiger partial charge is 0.275 e. The standard InChI is InChI=1S/C39H35N5O5S/c1-4-18-43-21-20-42(26-37(43)45)22-23-49-31-11-7-28(8-12-31)35-16-10-30-24-29(9-15-36(30)40-35)34-25-41(3)39(46)38-33(34)17-19-44(38)50(47,48)32-13-5-27(2)6-14-32/h1,5-17,19,24-25H,18,20-23,26H2,2-3H3. The lowest BCUT2D eigenvalue weighted by Gasteiger charge is -2.33. The number of piperazine rings is 1. The Hall–Kier alpha value is -5.70. The molecule has 4 heterocycles. The van der Waals surface area contributed by atoms with Gasteiger partial charge in [-0.15, -0.1) is 6.42 Å². The highest BCUT2D eigenvalue weighted by Crippen LogP contribution is 2.32. The minimum absolute atomic E-state index is 0.0452. The molecular weight excluding hydrogens is 651 g/mol. The van der Waals surface area contributed by atoms with Gasteiger partial charge in [0.2, 0.25) is 5.91 Å². The average Bonchev–Trinajstić information content (AvgIpc) is 3.58. The van der Waals surface area contributed by atoms with E-state index in [4.69, 9.17) is 16.1 Å². The SMILES string of the molecule is C#CCN1CCN(CCOc2ccc(-c3ccc4cc(-c5cn(C)c(=O)c6c5ccn6S(=O)(=O)c5ccc(C)cc5)ccc4n3)cc2)CC1=O. The molecule has 10 nitrogen and oxygen atoms in total. The summed E-state index contributed by atoms with van der Waals surface area (Å²) < 4.78 is 35.6. The topological polar surface area (TPSA) is 107 Å². The minimum atomic E-state index is -3.99. The van der Waals surface area contributed by atoms with Crippen LogP contribution in [0, 0.1) is 19.3 Å². The third-order valence-corrected chi connectivity index (χ3v) is 10.8. The summed E-state index contributed by atoms with van der Waals surface area (Å²) in [5, 5.41) is 1.45. The molecule has 0 spiro atoms. The molecular formula is C39H35N5O5S. The molecule has 0 radical (unpaired) electrons. The first-order valence-corrected chi connectivity index (χ1v) is 17.7. The Labute approximate surface area is 290 Å². The molecule has 0 saturated carbocycles. The van der Waals surface area contributed by atoms with E-state index in [2.05, 4.69) is 10.8 Å². The fourth-order valence-corrected chi connectivity index (χ4v) is 7.62. The number of amides is 1. The molecule has 6 aromatic rings. The van der Waals surface area contributed by atoms with Crippen molar-refractivity contribution < 1.29 is 17.9 Å². The van der Waals surface area contributed by atoms with Gasteiger partial charge in [0.05, 0.1) is 29.2 Å². The normalized spacial score (nSPS) is 13.9. The second-order valence-corrected chi connectivity index (χ2v) is 14.2. The van der Waals surface area contributed by atoms with Crippen LogP contribution in [0.25, 0.3) is 44.2 Å². The summed E-state index contributed by atoms with van der Waals surface area (Å²) in [7, 11) is -2.37. The highest BCUT2D eigenvalue weighted by Gasteiger charge is 2.24. The van der Waals surface area contributed by atoms with Gasteiger partial charge in [0, 0.05) is 61.0 Å². The number of fused-ring (bicyclic) bond motifs is 2. The van der Waals surface area contributed by atoms with Crippen LogP contribution in [0.4, 0.5) is 0 Å². The molecule has 11 heteroatoms. The quantitative estimate of drug-likeness (QED) is 0.199. The Morgan fingerprint density at radius 3 is 2.42 bits per heavy atom. The molecule has 7 rings (SSSR count). The van der Waals surface area contributed by atoms with Crippen molar-refractivity contribution in [1.82, 2.24) is 23.3 Å². The Morgan fingerprint density at radius 2 is 1.68 bits per heavy atom. The summed E-state index contributed by atoms with van der Waals surface area (Å²) in [6, 6.07) is 25.8. The molecule has 50 heavy (non-hydrogen) atoms. The van der Waals surface area contributed by atoms with Crippen LogP contribution in [0.3, 0.4) is 0 Å². The fraction of sp³-hybridized carbons (Fsp3) is 0.205. The number of terminal acetylenes is 1. The molecule has 1 aliphatic heterocycles. The van der Waals surface area contributed by atoms with Crippen molar-refractivity contribution in [1.29, 1.82) is 0 Å². The summed E-state index contributed by atoms with van der Waals surface area (Å²) in [5.41, 5.74) is 4.75. The Morgan fingerprint density at radius 1 is 0.920 bits per heavy atom. The highest BCUT2D eigenvalue weighted by molar-refractivity contribution is 7.90. The first kappa shape index (κ1) is 32.8. The van der Waals surface area contributed by atoms with E-state index >= 15 is 0 Å². The van der Waals surface area contributed by atoms with Gasteiger partial charge in [0.1, 0.15) is 17.9 Å². The number of carbonyl (C=O) groups excluding carboxylic acids is 1. The molecule has 1 fully saturated rings. The van der Waals surface area contributed by atoms with Crippen molar-refractivity contribution in [3.63, 3.8) is 0 Å². The first-order valence-electron chi connectivity index (χ1n) is 16.2. The van der Waals surface area contributed by atoms with Gasteiger partial charge >= 0.3 is 0 Å². The molecule has 1 amide bonds. The second-order valence-electron chi connectivity index (χ2n) is 12.4. The van der Waals surface area contributed by atoms with Crippen LogP contribution in [0.2, 0.25) is 0 Å². The van der Waals surface area contributed by atoms with Crippen LogP contribution in [-0.4, -0.2) is 77.0 Å². The third kappa shape index (κ3) is 6.27. The van der Waals surface area contributed by atoms with Gasteiger partial charge in [-0.05, 0) is 73.2 Å². The molecule has 252 valence electrons. The number of benzene rings is 3. The minimum Gasteiger partial charge on any atom is -0.492 e. The Kier molecular flexibility index (Phi) is 8.74. The fourth-order valence-electron chi connectivity index (χ4n) is 6.28. The number of hydrogen-bond donors (Lipinski definition) is 0. The van der Waals surface area contributed by atoms with Gasteiger partial charge in [-0.3, -0.25) is 14.5 Å². The van der Waals surface area contributed by atoms with Crippen LogP contribution in [-0.2, 0) is 21.9 Å². The van der Waals surface area contributed by atoms with E-state index in [1.807, 2.05) is 61.5 Å². The summed E-state index contributed by atoms with van der Waals surface area (Å²) in [5.74, 6) is 3.31. The maximum Gasteiger partial charge on any atom is 0.275 e. The zero-order chi connectivity index (χ0) is 35.0. The second kappa shape index (κ2) is 13.3. The summed E-state index contributed by atoms with van der Waals surface area (Å²) in [4.78, 5) is 34.3. The number of aryl methyl sites for hydroxylation is 2. The van der Waals surface area contributed by atoms with Gasteiger partial charge in [0.15, 0.2) is 0 Å². The van der Waals surface area contributed by atoms with Gasteiger partial charge < -0.3 is 14.2 Å². The Balaban J connectivity index is 1.09. The lowest BCUT2D eigenvalue weighted by Crippen LogP contribution is -2.51. The van der Waals surface area contributed by atoms with Gasteiger partial charge in [-0.1, -0.05) is 35.7 Å². The molecule has 0 atom stereocenters. The first-order chi connectivity index (χ1) is 24.1. The average molecular weight is 686 g/mol. The lowest BCUT2D eigenvalue weighted by molar-refractivity contribution is -0.135. The zero-order valence-electron chi connectivity index (χ0n) is 27.7. The number of pyridine rings is 2. The molecule has 1 saturated heterocycles. The van der Waals surface area contributed by atoms with E-state index in [0.29, 0.717) is 38.2 Å². The van der Waals surface area contributed by atoms with Gasteiger partial charge in [-0.2, -0.15) is 0 Å². The zero-order valence-corrected chi connectivity index (χ0v) is 28.6. The number of hydrogen-bond acceptors (Lipinski definition) is 7. The molecule has 0 aliphatic carbocycles. The maximum atomic E-state index is 13.6. The van der Waals surface area contributed by atoms with Gasteiger partial charge in [-0.25, -0.2) is 17.4 Å². The number of nitrogens with zero attached hydrogens (tertiary/aromatic N) is 5. The van der Waals surface area contributed by atoms with Crippen molar-refractivity contribution in [3.05, 3.63) is 113 Å². The van der Waals surface area contributed by atoms with E-state index in [-0.39, 0.29) is 16.3 Å². The van der Waals surface area contributed by atoms with Crippen LogP contribution in [0.1, 0.15) is 5.56 Å². The lowest BCUT2D eigenvalue weighted by atomic mass is 10.0. The van der Waals surface area contributed by atoms with Crippen LogP contribution in [0.5, 0.6) is 5.75 Å². The third-order valence-electron chi connectivity index (χ3n) is 9.07. The molecule has 3 aromatic heterocycles. The van der Waals surface area contributed by atoms with Crippen molar-refractivity contribution in [2.45, 2.75) is 11.8 Å². The Bertz CT molecular complexity index is 2460. The van der Waals surface area contributed by atoms with Crippen molar-refractivity contribution in [2.75, 3.05) is 39.3 Å². The van der Waals surface area contributed by atoms with Crippen LogP contribution >= 0.6 is 0 Å². The van der Waals surface area contributed by atoms with E-state index in [0.717, 1.165) is 55.1 Å². The maximum absolute atomic E-state index is 13.6. The van der Waals surface area contributed by atoms with E-state index < -0.39 is 15.6 Å². The van der Waals surface area contributed by atoms with E-state index in [9.17, 15) is 18.0 Å². The number of aromatic nitrogens is 3. The number of carbonyl (C=O) groups is 1. The predicted molar refractivity (Wildman–Crippen MR) is 194 cm³/mol. The summed E-state index contributed by atoms with van der Waals surface area (Å²) >= 11 is 0. The number of ether oxygens (including phenoxy) is 1.